The van der Waals surface area contributed by atoms with Crippen molar-refractivity contribution < 1.29 is 23.7 Å². The highest BCUT2D eigenvalue weighted by molar-refractivity contribution is 8.18. The van der Waals surface area contributed by atoms with Crippen LogP contribution in [0.25, 0.3) is 6.08 Å². The Hall–Kier alpha value is -3.24. The van der Waals surface area contributed by atoms with Crippen molar-refractivity contribution in [2.75, 3.05) is 13.1 Å². The van der Waals surface area contributed by atoms with Gasteiger partial charge in [0.25, 0.3) is 22.7 Å². The number of nitrogens with one attached hydrogen (secondary N) is 1. The van der Waals surface area contributed by atoms with Gasteiger partial charge in [-0.3, -0.25) is 29.4 Å². The van der Waals surface area contributed by atoms with Crippen LogP contribution in [0.3, 0.4) is 0 Å². The molecule has 3 rings (SSSR count). The van der Waals surface area contributed by atoms with E-state index in [0.29, 0.717) is 5.56 Å². The summed E-state index contributed by atoms with van der Waals surface area (Å²) < 4.78 is 13.0. The van der Waals surface area contributed by atoms with Crippen molar-refractivity contribution in [3.05, 3.63) is 79.5 Å². The van der Waals surface area contributed by atoms with E-state index in [1.165, 1.54) is 42.5 Å². The van der Waals surface area contributed by atoms with Crippen LogP contribution in [0, 0.1) is 15.9 Å². The van der Waals surface area contributed by atoms with Crippen LogP contribution in [-0.2, 0) is 4.79 Å². The molecule has 0 radical (unpaired) electrons. The van der Waals surface area contributed by atoms with E-state index in [0.717, 1.165) is 22.7 Å². The Labute approximate surface area is 178 Å². The number of hydrogen-bond donors (Lipinski definition) is 1. The van der Waals surface area contributed by atoms with E-state index in [2.05, 4.69) is 5.32 Å². The molecule has 1 aliphatic heterocycles. The molecule has 30 heavy (non-hydrogen) atoms. The highest BCUT2D eigenvalue weighted by Crippen LogP contribution is 2.32. The zero-order valence-electron chi connectivity index (χ0n) is 15.1. The number of amides is 3. The molecule has 0 atom stereocenters. The van der Waals surface area contributed by atoms with Crippen molar-refractivity contribution in [2.24, 2.45) is 0 Å². The van der Waals surface area contributed by atoms with Gasteiger partial charge in [0, 0.05) is 24.2 Å². The van der Waals surface area contributed by atoms with Gasteiger partial charge in [0.05, 0.1) is 9.83 Å². The van der Waals surface area contributed by atoms with Crippen LogP contribution < -0.4 is 5.32 Å². The molecule has 0 saturated carbocycles. The maximum absolute atomic E-state index is 13.0. The third kappa shape index (κ3) is 4.84. The Morgan fingerprint density at radius 2 is 1.93 bits per heavy atom. The second-order valence-corrected chi connectivity index (χ2v) is 7.49. The summed E-state index contributed by atoms with van der Waals surface area (Å²) in [7, 11) is 0. The van der Waals surface area contributed by atoms with E-state index in [4.69, 9.17) is 11.6 Å². The molecule has 8 nitrogen and oxygen atoms in total. The van der Waals surface area contributed by atoms with Crippen molar-refractivity contribution in [1.29, 1.82) is 0 Å². The Kier molecular flexibility index (Phi) is 6.48. The largest absolute Gasteiger partial charge is 0.350 e. The first-order valence-electron chi connectivity index (χ1n) is 8.49. The summed E-state index contributed by atoms with van der Waals surface area (Å²) in [4.78, 5) is 48.3. The summed E-state index contributed by atoms with van der Waals surface area (Å²) in [6.45, 7) is -0.209. The van der Waals surface area contributed by atoms with Gasteiger partial charge in [-0.25, -0.2) is 4.39 Å². The summed E-state index contributed by atoms with van der Waals surface area (Å²) >= 11 is 6.46. The number of carbonyl (C=O) groups is 3. The zero-order valence-corrected chi connectivity index (χ0v) is 16.7. The number of nitro groups is 1. The molecule has 1 heterocycles. The van der Waals surface area contributed by atoms with Crippen LogP contribution in [0.2, 0.25) is 5.02 Å². The molecular weight excluding hydrogens is 437 g/mol. The number of thioether (sulfide) groups is 1. The molecule has 1 N–H and O–H groups in total. The lowest BCUT2D eigenvalue weighted by molar-refractivity contribution is -0.385. The van der Waals surface area contributed by atoms with Crippen LogP contribution in [-0.4, -0.2) is 40.0 Å². The summed E-state index contributed by atoms with van der Waals surface area (Å²) in [5.41, 5.74) is -0.0756. The SMILES string of the molecule is O=C(NCCN1C(=O)S/C(=C\c2ccc(F)cc2)C1=O)c1ccc(Cl)cc1[N+](=O)[O-]. The normalized spacial score (nSPS) is 15.0. The quantitative estimate of drug-likeness (QED) is 0.407. The minimum atomic E-state index is -0.729. The number of benzene rings is 2. The smallest absolute Gasteiger partial charge is 0.293 e. The van der Waals surface area contributed by atoms with Crippen LogP contribution in [0.15, 0.2) is 47.4 Å². The second-order valence-electron chi connectivity index (χ2n) is 6.06. The van der Waals surface area contributed by atoms with Crippen LogP contribution >= 0.6 is 23.4 Å². The maximum Gasteiger partial charge on any atom is 0.293 e. The fourth-order valence-corrected chi connectivity index (χ4v) is 3.66. The van der Waals surface area contributed by atoms with Gasteiger partial charge in [-0.15, -0.1) is 0 Å². The minimum Gasteiger partial charge on any atom is -0.350 e. The second kappa shape index (κ2) is 9.06. The highest BCUT2D eigenvalue weighted by Gasteiger charge is 2.34. The molecule has 2 aromatic carbocycles. The molecule has 0 aliphatic carbocycles. The molecule has 0 bridgehead atoms. The van der Waals surface area contributed by atoms with E-state index in [-0.39, 0.29) is 28.6 Å². The van der Waals surface area contributed by atoms with Gasteiger partial charge in [-0.1, -0.05) is 23.7 Å². The molecule has 1 fully saturated rings. The average molecular weight is 450 g/mol. The Morgan fingerprint density at radius 3 is 2.60 bits per heavy atom. The first kappa shape index (κ1) is 21.5. The van der Waals surface area contributed by atoms with E-state index in [1.54, 1.807) is 0 Å². The monoisotopic (exact) mass is 449 g/mol. The maximum atomic E-state index is 13.0. The van der Waals surface area contributed by atoms with Crippen molar-refractivity contribution in [3.63, 3.8) is 0 Å². The zero-order chi connectivity index (χ0) is 21.8. The molecule has 1 saturated heterocycles. The molecule has 0 spiro atoms. The number of rotatable bonds is 6. The van der Waals surface area contributed by atoms with Crippen LogP contribution in [0.1, 0.15) is 15.9 Å². The number of imide groups is 1. The third-order valence-electron chi connectivity index (χ3n) is 4.06. The lowest BCUT2D eigenvalue weighted by atomic mass is 10.1. The van der Waals surface area contributed by atoms with Gasteiger partial charge in [0.1, 0.15) is 11.4 Å². The number of halogens is 2. The summed E-state index contributed by atoms with van der Waals surface area (Å²) in [6.07, 6.45) is 1.47. The fourth-order valence-electron chi connectivity index (χ4n) is 2.63. The van der Waals surface area contributed by atoms with Gasteiger partial charge in [0.15, 0.2) is 0 Å². The van der Waals surface area contributed by atoms with E-state index >= 15 is 0 Å². The Bertz CT molecular complexity index is 1070. The van der Waals surface area contributed by atoms with Crippen LogP contribution in [0.5, 0.6) is 0 Å². The Balaban J connectivity index is 1.63. The van der Waals surface area contributed by atoms with Gasteiger partial charge >= 0.3 is 0 Å². The predicted octanol–water partition coefficient (Wildman–Crippen LogP) is 3.85. The molecular formula is C19H13ClFN3O5S. The van der Waals surface area contributed by atoms with Gasteiger partial charge < -0.3 is 5.32 Å². The molecule has 3 amide bonds. The molecule has 154 valence electrons. The average Bonchev–Trinajstić information content (AvgIpc) is 2.96. The molecule has 11 heteroatoms. The van der Waals surface area contributed by atoms with E-state index in [1.807, 2.05) is 0 Å². The molecule has 0 unspecified atom stereocenters. The lowest BCUT2D eigenvalue weighted by Gasteiger charge is -2.13. The van der Waals surface area contributed by atoms with Crippen molar-refractivity contribution in [3.8, 4) is 0 Å². The summed E-state index contributed by atoms with van der Waals surface area (Å²) in [5.74, 6) is -1.69. The Morgan fingerprint density at radius 1 is 1.23 bits per heavy atom. The highest BCUT2D eigenvalue weighted by atomic mass is 35.5. The van der Waals surface area contributed by atoms with Crippen molar-refractivity contribution in [2.45, 2.75) is 0 Å². The van der Waals surface area contributed by atoms with E-state index < -0.39 is 33.5 Å². The standard InChI is InChI=1S/C19H13ClFN3O5S/c20-12-3-6-14(15(10-12)24(28)29)17(25)22-7-8-23-18(26)16(30-19(23)27)9-11-1-4-13(21)5-2-11/h1-6,9-10H,7-8H2,(H,22,25)/b16-9-. The summed E-state index contributed by atoms with van der Waals surface area (Å²) in [5, 5.41) is 13.1. The molecule has 2 aromatic rings. The fraction of sp³-hybridized carbons (Fsp3) is 0.105. The van der Waals surface area contributed by atoms with Crippen LogP contribution in [0.4, 0.5) is 14.9 Å². The molecule has 1 aliphatic rings. The lowest BCUT2D eigenvalue weighted by Crippen LogP contribution is -2.37. The first-order chi connectivity index (χ1) is 14.3. The third-order valence-corrected chi connectivity index (χ3v) is 5.21. The first-order valence-corrected chi connectivity index (χ1v) is 9.69. The topological polar surface area (TPSA) is 110 Å². The van der Waals surface area contributed by atoms with Gasteiger partial charge in [0.2, 0.25) is 0 Å². The number of nitrogens with zero attached hydrogens (tertiary/aromatic N) is 2. The number of hydrogen-bond acceptors (Lipinski definition) is 6. The van der Waals surface area contributed by atoms with Gasteiger partial charge in [-0.05, 0) is 47.7 Å². The molecule has 0 aromatic heterocycles. The van der Waals surface area contributed by atoms with Gasteiger partial charge in [-0.2, -0.15) is 0 Å². The number of carbonyl (C=O) groups excluding carboxylic acids is 3. The number of nitro benzene ring substituents is 1. The van der Waals surface area contributed by atoms with Crippen molar-refractivity contribution >= 4 is 52.2 Å². The predicted molar refractivity (Wildman–Crippen MR) is 110 cm³/mol. The van der Waals surface area contributed by atoms with Crippen molar-refractivity contribution in [1.82, 2.24) is 10.2 Å². The van der Waals surface area contributed by atoms with E-state index in [9.17, 15) is 28.9 Å². The minimum absolute atomic E-state index is 0.0967. The summed E-state index contributed by atoms with van der Waals surface area (Å²) in [6, 6.07) is 9.06.